The van der Waals surface area contributed by atoms with Crippen LogP contribution in [0, 0.1) is 0 Å². The van der Waals surface area contributed by atoms with Crippen molar-refractivity contribution >= 4 is 23.4 Å². The van der Waals surface area contributed by atoms with Crippen LogP contribution in [-0.4, -0.2) is 16.2 Å². The molecule has 0 aliphatic carbocycles. The van der Waals surface area contributed by atoms with Gasteiger partial charge in [0.25, 0.3) is 0 Å². The smallest absolute Gasteiger partial charge is 0.187 e. The number of rotatable bonds is 2. The van der Waals surface area contributed by atoms with E-state index in [2.05, 4.69) is 9.97 Å². The maximum atomic E-state index is 5.74. The van der Waals surface area contributed by atoms with Gasteiger partial charge in [-0.1, -0.05) is 23.4 Å². The van der Waals surface area contributed by atoms with Gasteiger partial charge in [0.1, 0.15) is 0 Å². The third-order valence-electron chi connectivity index (χ3n) is 1.17. The molecule has 0 aliphatic heterocycles. The third kappa shape index (κ3) is 2.05. The number of hydrogen-bond acceptors (Lipinski definition) is 4. The number of halogens is 1. The molecule has 1 heterocycles. The fourth-order valence-electron chi connectivity index (χ4n) is 0.626. The number of thioether (sulfide) groups is 1. The number of nitrogens with two attached hydrogens (primary N) is 1. The molecule has 0 saturated carbocycles. The van der Waals surface area contributed by atoms with Gasteiger partial charge in [0, 0.05) is 6.54 Å². The average molecular weight is 190 g/mol. The summed E-state index contributed by atoms with van der Waals surface area (Å²) in [5, 5.41) is 1.24. The number of aromatic nitrogens is 2. The van der Waals surface area contributed by atoms with Gasteiger partial charge in [-0.3, -0.25) is 0 Å². The summed E-state index contributed by atoms with van der Waals surface area (Å²) in [6, 6.07) is 0. The van der Waals surface area contributed by atoms with Crippen molar-refractivity contribution in [3.8, 4) is 0 Å². The summed E-state index contributed by atoms with van der Waals surface area (Å²) in [6.07, 6.45) is 3.48. The Hall–Kier alpha value is -0.320. The van der Waals surface area contributed by atoms with Crippen LogP contribution < -0.4 is 5.73 Å². The van der Waals surface area contributed by atoms with Gasteiger partial charge >= 0.3 is 0 Å². The first-order valence-corrected chi connectivity index (χ1v) is 4.63. The predicted molar refractivity (Wildman–Crippen MR) is 46.7 cm³/mol. The van der Waals surface area contributed by atoms with Gasteiger partial charge in [-0.15, -0.1) is 0 Å². The summed E-state index contributed by atoms with van der Waals surface area (Å²) >= 11 is 7.21. The van der Waals surface area contributed by atoms with Gasteiger partial charge in [0.15, 0.2) is 5.16 Å². The number of hydrogen-bond donors (Lipinski definition) is 1. The van der Waals surface area contributed by atoms with Gasteiger partial charge in [0.05, 0.1) is 16.9 Å². The molecule has 0 atom stereocenters. The highest BCUT2D eigenvalue weighted by molar-refractivity contribution is 7.98. The lowest BCUT2D eigenvalue weighted by molar-refractivity contribution is 0.876. The molecule has 1 aromatic heterocycles. The fraction of sp³-hybridized carbons (Fsp3) is 0.333. The van der Waals surface area contributed by atoms with Gasteiger partial charge in [0.2, 0.25) is 0 Å². The second kappa shape index (κ2) is 3.90. The summed E-state index contributed by atoms with van der Waals surface area (Å²) in [6.45, 7) is 0.356. The minimum atomic E-state index is 0.356. The van der Waals surface area contributed by atoms with E-state index in [0.717, 1.165) is 0 Å². The molecular weight excluding hydrogens is 182 g/mol. The van der Waals surface area contributed by atoms with E-state index in [4.69, 9.17) is 17.3 Å². The summed E-state index contributed by atoms with van der Waals surface area (Å²) in [7, 11) is 0. The van der Waals surface area contributed by atoms with Crippen molar-refractivity contribution in [2.75, 3.05) is 6.26 Å². The minimum absolute atomic E-state index is 0.356. The van der Waals surface area contributed by atoms with Gasteiger partial charge in [-0.25, -0.2) is 9.97 Å². The first-order chi connectivity index (χ1) is 5.27. The van der Waals surface area contributed by atoms with Crippen molar-refractivity contribution in [3.63, 3.8) is 0 Å². The van der Waals surface area contributed by atoms with Crippen molar-refractivity contribution in [1.29, 1.82) is 0 Å². The lowest BCUT2D eigenvalue weighted by atomic mass is 10.4. The predicted octanol–water partition coefficient (Wildman–Crippen LogP) is 1.31. The van der Waals surface area contributed by atoms with E-state index in [-0.39, 0.29) is 0 Å². The van der Waals surface area contributed by atoms with Crippen LogP contribution in [0.2, 0.25) is 5.02 Å². The molecule has 0 fully saturated rings. The monoisotopic (exact) mass is 189 g/mol. The van der Waals surface area contributed by atoms with Crippen LogP contribution in [0.3, 0.4) is 0 Å². The Morgan fingerprint density at radius 3 is 3.00 bits per heavy atom. The van der Waals surface area contributed by atoms with Crippen LogP contribution in [0.4, 0.5) is 0 Å². The van der Waals surface area contributed by atoms with Crippen LogP contribution in [0.5, 0.6) is 0 Å². The zero-order chi connectivity index (χ0) is 8.27. The highest BCUT2D eigenvalue weighted by Gasteiger charge is 2.01. The van der Waals surface area contributed by atoms with Crippen molar-refractivity contribution < 1.29 is 0 Å². The van der Waals surface area contributed by atoms with E-state index in [9.17, 15) is 0 Å². The Labute approximate surface area is 74.4 Å². The molecule has 2 N–H and O–H groups in total. The van der Waals surface area contributed by atoms with Crippen LogP contribution in [0.25, 0.3) is 0 Å². The average Bonchev–Trinajstić information content (AvgIpc) is 2.05. The van der Waals surface area contributed by atoms with Crippen LogP contribution in [-0.2, 0) is 6.54 Å². The standard InChI is InChI=1S/C6H8ClN3S/c1-11-6-9-3-4(7)5(2-8)10-6/h3H,2,8H2,1H3. The SMILES string of the molecule is CSc1ncc(Cl)c(CN)n1. The molecule has 11 heavy (non-hydrogen) atoms. The van der Waals surface area contributed by atoms with Crippen molar-refractivity contribution in [2.24, 2.45) is 5.73 Å². The highest BCUT2D eigenvalue weighted by Crippen LogP contribution is 2.15. The Balaban J connectivity index is 3.02. The Kier molecular flexibility index (Phi) is 3.11. The summed E-state index contributed by atoms with van der Waals surface area (Å²) < 4.78 is 0. The second-order valence-corrected chi connectivity index (χ2v) is 3.04. The van der Waals surface area contributed by atoms with E-state index in [1.807, 2.05) is 6.26 Å². The zero-order valence-electron chi connectivity index (χ0n) is 6.04. The molecule has 0 spiro atoms. The molecule has 0 radical (unpaired) electrons. The van der Waals surface area contributed by atoms with Gasteiger partial charge in [-0.05, 0) is 6.26 Å². The largest absolute Gasteiger partial charge is 0.325 e. The lowest BCUT2D eigenvalue weighted by Gasteiger charge is -2.00. The van der Waals surface area contributed by atoms with E-state index < -0.39 is 0 Å². The van der Waals surface area contributed by atoms with E-state index in [1.165, 1.54) is 11.8 Å². The number of nitrogens with zero attached hydrogens (tertiary/aromatic N) is 2. The first kappa shape index (κ1) is 8.77. The summed E-state index contributed by atoms with van der Waals surface area (Å²) in [5.74, 6) is 0. The molecule has 0 bridgehead atoms. The molecule has 0 aromatic carbocycles. The third-order valence-corrected chi connectivity index (χ3v) is 2.05. The van der Waals surface area contributed by atoms with Crippen molar-refractivity contribution in [3.05, 3.63) is 16.9 Å². The molecule has 3 nitrogen and oxygen atoms in total. The Bertz CT molecular complexity index is 254. The van der Waals surface area contributed by atoms with E-state index in [1.54, 1.807) is 6.20 Å². The maximum absolute atomic E-state index is 5.74. The molecule has 0 amide bonds. The molecule has 0 aliphatic rings. The van der Waals surface area contributed by atoms with Crippen LogP contribution >= 0.6 is 23.4 Å². The molecule has 0 unspecified atom stereocenters. The lowest BCUT2D eigenvalue weighted by Crippen LogP contribution is -2.02. The normalized spacial score (nSPS) is 10.1. The molecule has 0 saturated heterocycles. The highest BCUT2D eigenvalue weighted by atomic mass is 35.5. The van der Waals surface area contributed by atoms with Crippen LogP contribution in [0.15, 0.2) is 11.4 Å². The summed E-state index contributed by atoms with van der Waals surface area (Å²) in [4.78, 5) is 8.07. The van der Waals surface area contributed by atoms with Crippen molar-refractivity contribution in [2.45, 2.75) is 11.7 Å². The topological polar surface area (TPSA) is 51.8 Å². The second-order valence-electron chi connectivity index (χ2n) is 1.86. The Morgan fingerprint density at radius 1 is 1.73 bits per heavy atom. The van der Waals surface area contributed by atoms with Crippen LogP contribution in [0.1, 0.15) is 5.69 Å². The van der Waals surface area contributed by atoms with Gasteiger partial charge < -0.3 is 5.73 Å². The molecule has 1 aromatic rings. The minimum Gasteiger partial charge on any atom is -0.325 e. The first-order valence-electron chi connectivity index (χ1n) is 3.03. The molecule has 5 heteroatoms. The van der Waals surface area contributed by atoms with Crippen molar-refractivity contribution in [1.82, 2.24) is 9.97 Å². The Morgan fingerprint density at radius 2 is 2.45 bits per heavy atom. The maximum Gasteiger partial charge on any atom is 0.187 e. The van der Waals surface area contributed by atoms with E-state index in [0.29, 0.717) is 22.4 Å². The molecule has 60 valence electrons. The fourth-order valence-corrected chi connectivity index (χ4v) is 1.15. The molecular formula is C6H8ClN3S. The summed E-state index contributed by atoms with van der Waals surface area (Å²) in [5.41, 5.74) is 6.09. The zero-order valence-corrected chi connectivity index (χ0v) is 7.61. The molecule has 1 rings (SSSR count). The quantitative estimate of drug-likeness (QED) is 0.563. The van der Waals surface area contributed by atoms with E-state index >= 15 is 0 Å². The van der Waals surface area contributed by atoms with Gasteiger partial charge in [-0.2, -0.15) is 0 Å².